The lowest BCUT2D eigenvalue weighted by Gasteiger charge is -2.12. The summed E-state index contributed by atoms with van der Waals surface area (Å²) >= 11 is 0. The predicted molar refractivity (Wildman–Crippen MR) is 97.2 cm³/mol. The molecule has 2 aromatic rings. The number of hydrogen-bond donors (Lipinski definition) is 2. The zero-order valence-corrected chi connectivity index (χ0v) is 14.6. The molecule has 2 aromatic carbocycles. The van der Waals surface area contributed by atoms with E-state index in [0.717, 1.165) is 11.3 Å². The third kappa shape index (κ3) is 5.53. The zero-order chi connectivity index (χ0) is 18.2. The first-order valence-electron chi connectivity index (χ1n) is 7.90. The van der Waals surface area contributed by atoms with Crippen molar-refractivity contribution in [1.29, 1.82) is 0 Å². The maximum absolute atomic E-state index is 12.1. The molecule has 2 amide bonds. The minimum atomic E-state index is -0.207. The van der Waals surface area contributed by atoms with Crippen LogP contribution >= 0.6 is 0 Å². The van der Waals surface area contributed by atoms with Gasteiger partial charge in [0.05, 0.1) is 19.9 Å². The van der Waals surface area contributed by atoms with Crippen LogP contribution in [0.25, 0.3) is 0 Å². The summed E-state index contributed by atoms with van der Waals surface area (Å²) in [5, 5.41) is 5.51. The Morgan fingerprint density at radius 3 is 2.28 bits per heavy atom. The molecule has 0 spiro atoms. The van der Waals surface area contributed by atoms with E-state index in [4.69, 9.17) is 9.47 Å². The second-order valence-electron chi connectivity index (χ2n) is 5.49. The van der Waals surface area contributed by atoms with Crippen LogP contribution in [0.1, 0.15) is 18.9 Å². The summed E-state index contributed by atoms with van der Waals surface area (Å²) in [5.74, 6) is 1.01. The van der Waals surface area contributed by atoms with Crippen molar-refractivity contribution in [2.45, 2.75) is 19.8 Å². The van der Waals surface area contributed by atoms with E-state index in [9.17, 15) is 9.59 Å². The van der Waals surface area contributed by atoms with Crippen molar-refractivity contribution in [1.82, 2.24) is 0 Å². The lowest BCUT2D eigenvalue weighted by Crippen LogP contribution is -2.13. The molecule has 0 unspecified atom stereocenters. The molecular weight excluding hydrogens is 320 g/mol. The topological polar surface area (TPSA) is 76.7 Å². The first kappa shape index (κ1) is 18.3. The van der Waals surface area contributed by atoms with Gasteiger partial charge in [-0.2, -0.15) is 0 Å². The number of aryl methyl sites for hydroxylation is 1. The molecule has 2 rings (SSSR count). The van der Waals surface area contributed by atoms with Crippen molar-refractivity contribution in [2.24, 2.45) is 0 Å². The average molecular weight is 342 g/mol. The Morgan fingerprint density at radius 2 is 1.68 bits per heavy atom. The van der Waals surface area contributed by atoms with Crippen LogP contribution in [0.2, 0.25) is 0 Å². The molecule has 0 saturated carbocycles. The molecule has 6 heteroatoms. The van der Waals surface area contributed by atoms with Gasteiger partial charge in [0, 0.05) is 19.0 Å². The lowest BCUT2D eigenvalue weighted by atomic mass is 10.1. The van der Waals surface area contributed by atoms with Gasteiger partial charge in [-0.15, -0.1) is 0 Å². The quantitative estimate of drug-likeness (QED) is 0.810. The molecule has 132 valence electrons. The molecule has 25 heavy (non-hydrogen) atoms. The maximum atomic E-state index is 12.1. The Hall–Kier alpha value is -3.02. The summed E-state index contributed by atoms with van der Waals surface area (Å²) in [6.07, 6.45) is 0.984. The van der Waals surface area contributed by atoms with Crippen molar-refractivity contribution >= 4 is 23.2 Å². The van der Waals surface area contributed by atoms with E-state index in [1.165, 1.54) is 14.0 Å². The van der Waals surface area contributed by atoms with Gasteiger partial charge in [-0.25, -0.2) is 0 Å². The van der Waals surface area contributed by atoms with Gasteiger partial charge in [0.25, 0.3) is 0 Å². The van der Waals surface area contributed by atoms with Crippen molar-refractivity contribution in [3.63, 3.8) is 0 Å². The molecule has 0 aliphatic carbocycles. The maximum Gasteiger partial charge on any atom is 0.224 e. The van der Waals surface area contributed by atoms with Crippen LogP contribution in [0.5, 0.6) is 11.5 Å². The number of nitrogens with one attached hydrogen (secondary N) is 2. The normalized spacial score (nSPS) is 10.0. The van der Waals surface area contributed by atoms with Crippen molar-refractivity contribution in [3.8, 4) is 11.5 Å². The number of methoxy groups -OCH3 is 2. The molecule has 0 aromatic heterocycles. The fourth-order valence-corrected chi connectivity index (χ4v) is 2.35. The monoisotopic (exact) mass is 342 g/mol. The number of anilines is 2. The molecule has 6 nitrogen and oxygen atoms in total. The highest BCUT2D eigenvalue weighted by atomic mass is 16.5. The second-order valence-corrected chi connectivity index (χ2v) is 5.49. The van der Waals surface area contributed by atoms with Gasteiger partial charge in [0.2, 0.25) is 11.8 Å². The zero-order valence-electron chi connectivity index (χ0n) is 14.6. The Morgan fingerprint density at radius 1 is 0.960 bits per heavy atom. The largest absolute Gasteiger partial charge is 0.497 e. The number of ether oxygens (including phenoxy) is 2. The van der Waals surface area contributed by atoms with Crippen molar-refractivity contribution in [3.05, 3.63) is 48.0 Å². The van der Waals surface area contributed by atoms with Crippen LogP contribution in [0.3, 0.4) is 0 Å². The summed E-state index contributed by atoms with van der Waals surface area (Å²) in [4.78, 5) is 23.4. The molecule has 0 bridgehead atoms. The molecule has 2 N–H and O–H groups in total. The average Bonchev–Trinajstić information content (AvgIpc) is 2.60. The summed E-state index contributed by atoms with van der Waals surface area (Å²) in [5.41, 5.74) is 2.18. The fraction of sp³-hybridized carbons (Fsp3) is 0.263. The third-order valence-corrected chi connectivity index (χ3v) is 3.59. The molecule has 0 aliphatic heterocycles. The highest BCUT2D eigenvalue weighted by Gasteiger charge is 2.09. The van der Waals surface area contributed by atoms with E-state index in [1.54, 1.807) is 25.3 Å². The molecule has 0 saturated heterocycles. The number of carbonyl (C=O) groups is 2. The van der Waals surface area contributed by atoms with Crippen LogP contribution in [0, 0.1) is 0 Å². The predicted octanol–water partition coefficient (Wildman–Crippen LogP) is 3.23. The number of amides is 2. The summed E-state index contributed by atoms with van der Waals surface area (Å²) < 4.78 is 10.3. The SMILES string of the molecule is COc1ccc(CCC(=O)Nc2ccc(OC)c(NC(C)=O)c2)cc1. The first-order valence-corrected chi connectivity index (χ1v) is 7.90. The highest BCUT2D eigenvalue weighted by molar-refractivity contribution is 5.94. The van der Waals surface area contributed by atoms with Crippen LogP contribution in [-0.4, -0.2) is 26.0 Å². The van der Waals surface area contributed by atoms with Gasteiger partial charge < -0.3 is 20.1 Å². The number of hydrogen-bond acceptors (Lipinski definition) is 4. The summed E-state index contributed by atoms with van der Waals surface area (Å²) in [6.45, 7) is 1.42. The van der Waals surface area contributed by atoms with E-state index < -0.39 is 0 Å². The van der Waals surface area contributed by atoms with Crippen LogP contribution < -0.4 is 20.1 Å². The van der Waals surface area contributed by atoms with Crippen molar-refractivity contribution in [2.75, 3.05) is 24.9 Å². The van der Waals surface area contributed by atoms with Crippen molar-refractivity contribution < 1.29 is 19.1 Å². The van der Waals surface area contributed by atoms with Gasteiger partial charge in [-0.05, 0) is 42.3 Å². The highest BCUT2D eigenvalue weighted by Crippen LogP contribution is 2.28. The number of rotatable bonds is 7. The van der Waals surface area contributed by atoms with E-state index in [2.05, 4.69) is 10.6 Å². The van der Waals surface area contributed by atoms with E-state index in [0.29, 0.717) is 30.0 Å². The lowest BCUT2D eigenvalue weighted by molar-refractivity contribution is -0.116. The van der Waals surface area contributed by atoms with Gasteiger partial charge >= 0.3 is 0 Å². The molecule has 0 atom stereocenters. The Kier molecular flexibility index (Phi) is 6.39. The second kappa shape index (κ2) is 8.73. The summed E-state index contributed by atoms with van der Waals surface area (Å²) in [6, 6.07) is 12.7. The standard InChI is InChI=1S/C19H22N2O4/c1-13(22)20-17-12-15(7-10-18(17)25-3)21-19(23)11-6-14-4-8-16(24-2)9-5-14/h4-5,7-10,12H,6,11H2,1-3H3,(H,20,22)(H,21,23). The van der Waals surface area contributed by atoms with Gasteiger partial charge in [0.15, 0.2) is 0 Å². The minimum Gasteiger partial charge on any atom is -0.497 e. The minimum absolute atomic E-state index is 0.102. The molecule has 0 aliphatic rings. The third-order valence-electron chi connectivity index (χ3n) is 3.59. The van der Waals surface area contributed by atoms with E-state index in [1.807, 2.05) is 24.3 Å². The van der Waals surface area contributed by atoms with Crippen LogP contribution in [0.4, 0.5) is 11.4 Å². The Balaban J connectivity index is 1.96. The summed E-state index contributed by atoms with van der Waals surface area (Å²) in [7, 11) is 3.14. The Bertz CT molecular complexity index is 742. The number of carbonyl (C=O) groups excluding carboxylic acids is 2. The fourth-order valence-electron chi connectivity index (χ4n) is 2.35. The van der Waals surface area contributed by atoms with Gasteiger partial charge in [-0.1, -0.05) is 12.1 Å². The molecule has 0 radical (unpaired) electrons. The molecular formula is C19H22N2O4. The van der Waals surface area contributed by atoms with Gasteiger partial charge in [0.1, 0.15) is 11.5 Å². The molecule has 0 heterocycles. The van der Waals surface area contributed by atoms with E-state index >= 15 is 0 Å². The first-order chi connectivity index (χ1) is 12.0. The smallest absolute Gasteiger partial charge is 0.224 e. The van der Waals surface area contributed by atoms with Crippen LogP contribution in [0.15, 0.2) is 42.5 Å². The van der Waals surface area contributed by atoms with Crippen LogP contribution in [-0.2, 0) is 16.0 Å². The number of benzene rings is 2. The van der Waals surface area contributed by atoms with E-state index in [-0.39, 0.29) is 11.8 Å². The molecule has 0 fully saturated rings. The Labute approximate surface area is 147 Å². The van der Waals surface area contributed by atoms with Gasteiger partial charge in [-0.3, -0.25) is 9.59 Å².